The molecule has 0 saturated heterocycles. The predicted molar refractivity (Wildman–Crippen MR) is 61.0 cm³/mol. The van der Waals surface area contributed by atoms with E-state index in [1.165, 1.54) is 6.33 Å². The average Bonchev–Trinajstić information content (AvgIpc) is 2.64. The Hall–Kier alpha value is -0.940. The molecular weight excluding hydrogens is 206 g/mol. The summed E-state index contributed by atoms with van der Waals surface area (Å²) in [6.45, 7) is 6.47. The summed E-state index contributed by atoms with van der Waals surface area (Å²) >= 11 is 0. The minimum Gasteiger partial charge on any atom is -0.390 e. The van der Waals surface area contributed by atoms with Gasteiger partial charge in [0, 0.05) is 20.1 Å². The number of nitrogens with zero attached hydrogens (tertiary/aromatic N) is 3. The van der Waals surface area contributed by atoms with Crippen LogP contribution in [0.4, 0.5) is 0 Å². The van der Waals surface area contributed by atoms with Crippen LogP contribution in [0.2, 0.25) is 0 Å². The maximum Gasteiger partial charge on any atom is 0.138 e. The fourth-order valence-electron chi connectivity index (χ4n) is 1.66. The molecule has 1 aromatic rings. The first-order chi connectivity index (χ1) is 7.53. The molecule has 92 valence electrons. The lowest BCUT2D eigenvalue weighted by atomic mass is 9.93. The summed E-state index contributed by atoms with van der Waals surface area (Å²) in [7, 11) is 1.82. The highest BCUT2D eigenvalue weighted by molar-refractivity contribution is 4.93. The van der Waals surface area contributed by atoms with Crippen LogP contribution in [0.25, 0.3) is 0 Å². The molecule has 0 spiro atoms. The van der Waals surface area contributed by atoms with Crippen LogP contribution in [-0.2, 0) is 18.2 Å². The van der Waals surface area contributed by atoms with Gasteiger partial charge in [-0.2, -0.15) is 5.10 Å². The number of aryl methyl sites for hydroxylation is 1. The molecule has 0 amide bonds. The van der Waals surface area contributed by atoms with E-state index in [2.05, 4.69) is 10.1 Å². The van der Waals surface area contributed by atoms with E-state index in [1.807, 2.05) is 27.8 Å². The molecule has 2 atom stereocenters. The zero-order valence-corrected chi connectivity index (χ0v) is 10.5. The van der Waals surface area contributed by atoms with Crippen molar-refractivity contribution < 1.29 is 9.84 Å². The highest BCUT2D eigenvalue weighted by Crippen LogP contribution is 2.22. The van der Waals surface area contributed by atoms with Gasteiger partial charge in [-0.3, -0.25) is 4.68 Å². The standard InChI is InChI=1S/C11H21N3O2/c1-5-11(3,16-6-2)9(15)7-10-12-8-13-14(10)4/h8-9,15H,5-7H2,1-4H3. The topological polar surface area (TPSA) is 60.2 Å². The van der Waals surface area contributed by atoms with Crippen LogP contribution in [-0.4, -0.2) is 38.2 Å². The van der Waals surface area contributed by atoms with Gasteiger partial charge in [0.25, 0.3) is 0 Å². The van der Waals surface area contributed by atoms with Crippen LogP contribution in [0.1, 0.15) is 33.0 Å². The predicted octanol–water partition coefficient (Wildman–Crippen LogP) is 0.924. The van der Waals surface area contributed by atoms with Gasteiger partial charge in [0.2, 0.25) is 0 Å². The minimum absolute atomic E-state index is 0.459. The summed E-state index contributed by atoms with van der Waals surface area (Å²) < 4.78 is 7.29. The third-order valence-corrected chi connectivity index (χ3v) is 3.06. The van der Waals surface area contributed by atoms with E-state index >= 15 is 0 Å². The van der Waals surface area contributed by atoms with E-state index in [-0.39, 0.29) is 0 Å². The first-order valence-electron chi connectivity index (χ1n) is 5.68. The molecule has 2 unspecified atom stereocenters. The Balaban J connectivity index is 2.69. The molecule has 1 N–H and O–H groups in total. The zero-order chi connectivity index (χ0) is 12.2. The Morgan fingerprint density at radius 3 is 2.69 bits per heavy atom. The van der Waals surface area contributed by atoms with Crippen molar-refractivity contribution in [1.29, 1.82) is 0 Å². The maximum atomic E-state index is 10.2. The lowest BCUT2D eigenvalue weighted by Crippen LogP contribution is -2.43. The van der Waals surface area contributed by atoms with E-state index in [0.29, 0.717) is 13.0 Å². The Labute approximate surface area is 96.5 Å². The second-order valence-electron chi connectivity index (χ2n) is 4.12. The first-order valence-corrected chi connectivity index (χ1v) is 5.68. The van der Waals surface area contributed by atoms with Crippen molar-refractivity contribution >= 4 is 0 Å². The number of ether oxygens (including phenoxy) is 1. The van der Waals surface area contributed by atoms with Crippen molar-refractivity contribution in [3.05, 3.63) is 12.2 Å². The number of aliphatic hydroxyl groups is 1. The second kappa shape index (κ2) is 5.41. The van der Waals surface area contributed by atoms with Gasteiger partial charge in [-0.15, -0.1) is 0 Å². The highest BCUT2D eigenvalue weighted by Gasteiger charge is 2.32. The quantitative estimate of drug-likeness (QED) is 0.785. The van der Waals surface area contributed by atoms with Crippen molar-refractivity contribution in [2.75, 3.05) is 6.61 Å². The summed E-state index contributed by atoms with van der Waals surface area (Å²) in [5, 5.41) is 14.2. The van der Waals surface area contributed by atoms with Gasteiger partial charge in [0.05, 0.1) is 11.7 Å². The highest BCUT2D eigenvalue weighted by atomic mass is 16.5. The monoisotopic (exact) mass is 227 g/mol. The van der Waals surface area contributed by atoms with Crippen molar-refractivity contribution in [2.45, 2.75) is 45.3 Å². The third-order valence-electron chi connectivity index (χ3n) is 3.06. The molecule has 0 bridgehead atoms. The lowest BCUT2D eigenvalue weighted by molar-refractivity contribution is -0.110. The van der Waals surface area contributed by atoms with Gasteiger partial charge in [0.15, 0.2) is 0 Å². The van der Waals surface area contributed by atoms with Crippen molar-refractivity contribution in [1.82, 2.24) is 14.8 Å². The van der Waals surface area contributed by atoms with Crippen molar-refractivity contribution in [3.8, 4) is 0 Å². The average molecular weight is 227 g/mol. The van der Waals surface area contributed by atoms with Crippen LogP contribution >= 0.6 is 0 Å². The van der Waals surface area contributed by atoms with Crippen LogP contribution < -0.4 is 0 Å². The first kappa shape index (κ1) is 13.1. The van der Waals surface area contributed by atoms with Crippen LogP contribution in [0.15, 0.2) is 6.33 Å². The molecule has 1 aromatic heterocycles. The number of hydrogen-bond donors (Lipinski definition) is 1. The molecule has 16 heavy (non-hydrogen) atoms. The lowest BCUT2D eigenvalue weighted by Gasteiger charge is -2.33. The number of aliphatic hydroxyl groups excluding tert-OH is 1. The molecule has 0 fully saturated rings. The largest absolute Gasteiger partial charge is 0.390 e. The Kier molecular flexibility index (Phi) is 4.44. The SMILES string of the molecule is CCOC(C)(CC)C(O)Cc1ncnn1C. The molecule has 5 heteroatoms. The van der Waals surface area contributed by atoms with E-state index in [0.717, 1.165) is 12.2 Å². The second-order valence-corrected chi connectivity index (χ2v) is 4.12. The van der Waals surface area contributed by atoms with Crippen molar-refractivity contribution in [3.63, 3.8) is 0 Å². The molecular formula is C11H21N3O2. The van der Waals surface area contributed by atoms with Gasteiger partial charge in [-0.05, 0) is 20.3 Å². The van der Waals surface area contributed by atoms with Gasteiger partial charge < -0.3 is 9.84 Å². The van der Waals surface area contributed by atoms with Crippen LogP contribution in [0.5, 0.6) is 0 Å². The molecule has 1 heterocycles. The van der Waals surface area contributed by atoms with E-state index in [1.54, 1.807) is 4.68 Å². The normalized spacial score (nSPS) is 17.1. The molecule has 0 aliphatic rings. The maximum absolute atomic E-state index is 10.2. The molecule has 0 aromatic carbocycles. The third kappa shape index (κ3) is 2.80. The zero-order valence-electron chi connectivity index (χ0n) is 10.5. The molecule has 1 rings (SSSR count). The summed E-state index contributed by atoms with van der Waals surface area (Å²) in [6, 6.07) is 0. The molecule has 0 saturated carbocycles. The summed E-state index contributed by atoms with van der Waals surface area (Å²) in [6.07, 6.45) is 2.15. The van der Waals surface area contributed by atoms with Crippen LogP contribution in [0.3, 0.4) is 0 Å². The molecule has 0 aliphatic heterocycles. The fourth-order valence-corrected chi connectivity index (χ4v) is 1.66. The summed E-state index contributed by atoms with van der Waals surface area (Å²) in [4.78, 5) is 4.10. The number of rotatable bonds is 6. The molecule has 0 aliphatic carbocycles. The fraction of sp³-hybridized carbons (Fsp3) is 0.818. The van der Waals surface area contributed by atoms with E-state index < -0.39 is 11.7 Å². The minimum atomic E-state index is -0.569. The van der Waals surface area contributed by atoms with E-state index in [4.69, 9.17) is 4.74 Å². The van der Waals surface area contributed by atoms with Crippen molar-refractivity contribution in [2.24, 2.45) is 7.05 Å². The van der Waals surface area contributed by atoms with E-state index in [9.17, 15) is 5.11 Å². The van der Waals surface area contributed by atoms with Gasteiger partial charge in [0.1, 0.15) is 12.2 Å². The van der Waals surface area contributed by atoms with Gasteiger partial charge in [-0.25, -0.2) is 4.98 Å². The number of hydrogen-bond acceptors (Lipinski definition) is 4. The Morgan fingerprint density at radius 2 is 2.25 bits per heavy atom. The smallest absolute Gasteiger partial charge is 0.138 e. The van der Waals surface area contributed by atoms with Gasteiger partial charge >= 0.3 is 0 Å². The Morgan fingerprint density at radius 1 is 1.56 bits per heavy atom. The Bertz CT molecular complexity index is 327. The summed E-state index contributed by atoms with van der Waals surface area (Å²) in [5.41, 5.74) is -0.513. The molecule has 5 nitrogen and oxygen atoms in total. The number of aromatic nitrogens is 3. The summed E-state index contributed by atoms with van der Waals surface area (Å²) in [5.74, 6) is 0.770. The molecule has 0 radical (unpaired) electrons. The van der Waals surface area contributed by atoms with Crippen LogP contribution in [0, 0.1) is 0 Å². The van der Waals surface area contributed by atoms with Gasteiger partial charge in [-0.1, -0.05) is 6.92 Å².